The second-order valence-corrected chi connectivity index (χ2v) is 6.68. The molecule has 2 aromatic carbocycles. The van der Waals surface area contributed by atoms with E-state index in [-0.39, 0.29) is 0 Å². The van der Waals surface area contributed by atoms with Gasteiger partial charge in [-0.3, -0.25) is 0 Å². The number of likely N-dealkylation sites (tertiary alicyclic amines) is 1. The van der Waals surface area contributed by atoms with Crippen LogP contribution in [0.1, 0.15) is 36.8 Å². The lowest BCUT2D eigenvalue weighted by Gasteiger charge is -2.32. The van der Waals surface area contributed by atoms with Crippen LogP contribution in [0.15, 0.2) is 54.6 Å². The van der Waals surface area contributed by atoms with Crippen molar-refractivity contribution in [2.45, 2.75) is 45.1 Å². The Kier molecular flexibility index (Phi) is 15.2. The Morgan fingerprint density at radius 1 is 1.00 bits per heavy atom. The zero-order chi connectivity index (χ0) is 21.2. The SMILES string of the molecule is C=O.C=O.COc1cccc(CCC2CCCCN2C)c1.Cc1ccccc1. The zero-order valence-corrected chi connectivity index (χ0v) is 17.6. The number of carbonyl (C=O) groups excluding carboxylic acids is 2. The first-order valence-electron chi connectivity index (χ1n) is 9.61. The number of aryl methyl sites for hydroxylation is 2. The summed E-state index contributed by atoms with van der Waals surface area (Å²) in [7, 11) is 3.99. The number of nitrogens with zero attached hydrogens (tertiary/aromatic N) is 1. The predicted octanol–water partition coefficient (Wildman–Crippen LogP) is 4.74. The van der Waals surface area contributed by atoms with Crippen molar-refractivity contribution in [2.24, 2.45) is 0 Å². The molecular weight excluding hydrogens is 350 g/mol. The van der Waals surface area contributed by atoms with Gasteiger partial charge in [-0.05, 0) is 63.9 Å². The summed E-state index contributed by atoms with van der Waals surface area (Å²) < 4.78 is 5.26. The molecule has 0 spiro atoms. The van der Waals surface area contributed by atoms with Crippen LogP contribution < -0.4 is 4.74 Å². The van der Waals surface area contributed by atoms with Gasteiger partial charge in [0.25, 0.3) is 0 Å². The molecule has 1 aliphatic rings. The van der Waals surface area contributed by atoms with E-state index >= 15 is 0 Å². The van der Waals surface area contributed by atoms with Crippen molar-refractivity contribution in [1.82, 2.24) is 4.90 Å². The van der Waals surface area contributed by atoms with Crippen molar-refractivity contribution in [3.63, 3.8) is 0 Å². The topological polar surface area (TPSA) is 46.6 Å². The van der Waals surface area contributed by atoms with Crippen molar-refractivity contribution < 1.29 is 14.3 Å². The van der Waals surface area contributed by atoms with Gasteiger partial charge in [-0.1, -0.05) is 54.4 Å². The minimum Gasteiger partial charge on any atom is -0.497 e. The van der Waals surface area contributed by atoms with Crippen LogP contribution >= 0.6 is 0 Å². The molecule has 0 aromatic heterocycles. The van der Waals surface area contributed by atoms with Gasteiger partial charge in [0.05, 0.1) is 7.11 Å². The average molecular weight is 386 g/mol. The molecule has 1 unspecified atom stereocenters. The molecule has 0 bridgehead atoms. The predicted molar refractivity (Wildman–Crippen MR) is 117 cm³/mol. The summed E-state index contributed by atoms with van der Waals surface area (Å²) in [5.41, 5.74) is 2.71. The van der Waals surface area contributed by atoms with Crippen LogP contribution in [-0.2, 0) is 16.0 Å². The summed E-state index contributed by atoms with van der Waals surface area (Å²) in [5.74, 6) is 0.972. The lowest BCUT2D eigenvalue weighted by molar-refractivity contribution is -0.0987. The van der Waals surface area contributed by atoms with Gasteiger partial charge in [0, 0.05) is 6.04 Å². The number of methoxy groups -OCH3 is 1. The highest BCUT2D eigenvalue weighted by Crippen LogP contribution is 2.21. The molecule has 1 heterocycles. The van der Waals surface area contributed by atoms with Gasteiger partial charge in [-0.25, -0.2) is 0 Å². The second kappa shape index (κ2) is 16.7. The van der Waals surface area contributed by atoms with E-state index in [2.05, 4.69) is 49.2 Å². The Labute approximate surface area is 170 Å². The fourth-order valence-corrected chi connectivity index (χ4v) is 3.20. The van der Waals surface area contributed by atoms with Crippen molar-refractivity contribution in [3.05, 3.63) is 65.7 Å². The molecular formula is C24H35NO3. The number of piperidine rings is 1. The van der Waals surface area contributed by atoms with Crippen molar-refractivity contribution in [1.29, 1.82) is 0 Å². The molecule has 1 aliphatic heterocycles. The van der Waals surface area contributed by atoms with Gasteiger partial charge in [0.1, 0.15) is 19.3 Å². The summed E-state index contributed by atoms with van der Waals surface area (Å²) in [6, 6.07) is 19.5. The first-order chi connectivity index (χ1) is 13.7. The Morgan fingerprint density at radius 2 is 1.68 bits per heavy atom. The molecule has 28 heavy (non-hydrogen) atoms. The van der Waals surface area contributed by atoms with Crippen LogP contribution in [0.2, 0.25) is 0 Å². The summed E-state index contributed by atoms with van der Waals surface area (Å²) >= 11 is 0. The Balaban J connectivity index is 0.000000553. The molecule has 1 atom stereocenters. The molecule has 0 radical (unpaired) electrons. The van der Waals surface area contributed by atoms with Gasteiger partial charge in [-0.15, -0.1) is 0 Å². The van der Waals surface area contributed by atoms with E-state index < -0.39 is 0 Å². The van der Waals surface area contributed by atoms with Crippen LogP contribution in [0, 0.1) is 6.92 Å². The minimum atomic E-state index is 0.773. The lowest BCUT2D eigenvalue weighted by atomic mass is 9.96. The molecule has 2 aromatic rings. The smallest absolute Gasteiger partial charge is 0.119 e. The first kappa shape index (κ1) is 25.5. The number of hydrogen-bond acceptors (Lipinski definition) is 4. The van der Waals surface area contributed by atoms with Crippen LogP contribution in [0.3, 0.4) is 0 Å². The number of hydrogen-bond donors (Lipinski definition) is 0. The fourth-order valence-electron chi connectivity index (χ4n) is 3.20. The van der Waals surface area contributed by atoms with Gasteiger partial charge in [0.2, 0.25) is 0 Å². The van der Waals surface area contributed by atoms with Gasteiger partial charge in [-0.2, -0.15) is 0 Å². The normalized spacial score (nSPS) is 15.5. The van der Waals surface area contributed by atoms with E-state index in [0.717, 1.165) is 18.2 Å². The monoisotopic (exact) mass is 385 g/mol. The molecule has 1 saturated heterocycles. The highest BCUT2D eigenvalue weighted by Gasteiger charge is 2.18. The Hall–Kier alpha value is -2.46. The van der Waals surface area contributed by atoms with E-state index in [1.807, 2.05) is 37.8 Å². The van der Waals surface area contributed by atoms with E-state index in [9.17, 15) is 0 Å². The summed E-state index contributed by atoms with van der Waals surface area (Å²) in [5, 5.41) is 0. The maximum absolute atomic E-state index is 8.00. The quantitative estimate of drug-likeness (QED) is 0.763. The minimum absolute atomic E-state index is 0.773. The average Bonchev–Trinajstić information content (AvgIpc) is 2.77. The molecule has 1 fully saturated rings. The number of benzene rings is 2. The molecule has 3 rings (SSSR count). The van der Waals surface area contributed by atoms with E-state index in [4.69, 9.17) is 14.3 Å². The zero-order valence-electron chi connectivity index (χ0n) is 17.6. The molecule has 154 valence electrons. The number of ether oxygens (including phenoxy) is 1. The third-order valence-corrected chi connectivity index (χ3v) is 4.76. The maximum Gasteiger partial charge on any atom is 0.119 e. The van der Waals surface area contributed by atoms with Gasteiger partial charge in [0.15, 0.2) is 0 Å². The Bertz CT molecular complexity index is 616. The van der Waals surface area contributed by atoms with Crippen molar-refractivity contribution in [2.75, 3.05) is 20.7 Å². The largest absolute Gasteiger partial charge is 0.497 e. The van der Waals surface area contributed by atoms with Gasteiger partial charge >= 0.3 is 0 Å². The molecule has 0 saturated carbocycles. The summed E-state index contributed by atoms with van der Waals surface area (Å²) in [6.45, 7) is 7.35. The molecule has 0 aliphatic carbocycles. The molecule has 0 N–H and O–H groups in total. The summed E-state index contributed by atoms with van der Waals surface area (Å²) in [4.78, 5) is 18.5. The van der Waals surface area contributed by atoms with Crippen molar-refractivity contribution >= 4 is 13.6 Å². The van der Waals surface area contributed by atoms with E-state index in [1.165, 1.54) is 43.4 Å². The standard InChI is InChI=1S/C15H23NO.C7H8.2CH2O/c1-16-11-4-3-7-14(16)10-9-13-6-5-8-15(12-13)17-2;1-7-5-3-2-4-6-7;2*1-2/h5-6,8,12,14H,3-4,7,9-11H2,1-2H3;2-6H,1H3;2*1H2. The van der Waals surface area contributed by atoms with Crippen molar-refractivity contribution in [3.8, 4) is 5.75 Å². The van der Waals surface area contributed by atoms with E-state index in [1.54, 1.807) is 7.11 Å². The van der Waals surface area contributed by atoms with E-state index in [0.29, 0.717) is 0 Å². The van der Waals surface area contributed by atoms with Gasteiger partial charge < -0.3 is 19.2 Å². The third kappa shape index (κ3) is 10.6. The molecule has 4 heteroatoms. The Morgan fingerprint density at radius 3 is 2.21 bits per heavy atom. The van der Waals surface area contributed by atoms with Crippen LogP contribution in [0.25, 0.3) is 0 Å². The molecule has 0 amide bonds. The lowest BCUT2D eigenvalue weighted by Crippen LogP contribution is -2.36. The highest BCUT2D eigenvalue weighted by atomic mass is 16.5. The highest BCUT2D eigenvalue weighted by molar-refractivity contribution is 5.28. The third-order valence-electron chi connectivity index (χ3n) is 4.76. The van der Waals surface area contributed by atoms with Crippen LogP contribution in [0.5, 0.6) is 5.75 Å². The van der Waals surface area contributed by atoms with Crippen LogP contribution in [-0.4, -0.2) is 45.2 Å². The number of rotatable bonds is 4. The second-order valence-electron chi connectivity index (χ2n) is 6.68. The molecule has 4 nitrogen and oxygen atoms in total. The fraction of sp³-hybridized carbons (Fsp3) is 0.417. The maximum atomic E-state index is 8.00. The number of carbonyl (C=O) groups is 2. The summed E-state index contributed by atoms with van der Waals surface area (Å²) in [6.07, 6.45) is 6.55. The first-order valence-corrected chi connectivity index (χ1v) is 9.61. The van der Waals surface area contributed by atoms with Crippen LogP contribution in [0.4, 0.5) is 0 Å².